The quantitative estimate of drug-likeness (QED) is 0.698. The Morgan fingerprint density at radius 3 is 2.71 bits per heavy atom. The van der Waals surface area contributed by atoms with Crippen molar-refractivity contribution in [3.63, 3.8) is 0 Å². The molecule has 0 aliphatic rings. The SMILES string of the molecule is Cn1nnn(-c2cccc(C(F)F)c2COc2cnccn2)c1=O. The molecular formula is C14H12F2N6O2. The second kappa shape index (κ2) is 6.52. The Labute approximate surface area is 134 Å². The van der Waals surface area contributed by atoms with Crippen LogP contribution >= 0.6 is 0 Å². The Morgan fingerprint density at radius 1 is 1.25 bits per heavy atom. The number of alkyl halides is 2. The van der Waals surface area contributed by atoms with Gasteiger partial charge in [0.15, 0.2) is 0 Å². The molecule has 0 radical (unpaired) electrons. The normalized spacial score (nSPS) is 11.0. The molecule has 8 nitrogen and oxygen atoms in total. The number of rotatable bonds is 5. The van der Waals surface area contributed by atoms with Crippen molar-refractivity contribution in [1.29, 1.82) is 0 Å². The van der Waals surface area contributed by atoms with Crippen molar-refractivity contribution in [1.82, 2.24) is 29.8 Å². The monoisotopic (exact) mass is 334 g/mol. The van der Waals surface area contributed by atoms with Crippen LogP contribution < -0.4 is 10.4 Å². The molecule has 2 heterocycles. The van der Waals surface area contributed by atoms with Gasteiger partial charge in [-0.3, -0.25) is 4.98 Å². The Morgan fingerprint density at radius 2 is 2.08 bits per heavy atom. The first kappa shape index (κ1) is 15.7. The highest BCUT2D eigenvalue weighted by Gasteiger charge is 2.20. The van der Waals surface area contributed by atoms with E-state index < -0.39 is 12.1 Å². The van der Waals surface area contributed by atoms with Gasteiger partial charge in [0.05, 0.1) is 11.9 Å². The third kappa shape index (κ3) is 2.98. The third-order valence-corrected chi connectivity index (χ3v) is 3.28. The molecule has 0 fully saturated rings. The summed E-state index contributed by atoms with van der Waals surface area (Å²) in [5.74, 6) is 0.180. The van der Waals surface area contributed by atoms with Gasteiger partial charge in [0.2, 0.25) is 5.88 Å². The maximum Gasteiger partial charge on any atom is 0.368 e. The number of aryl methyl sites for hydroxylation is 1. The van der Waals surface area contributed by atoms with Crippen LogP contribution in [0.1, 0.15) is 17.6 Å². The van der Waals surface area contributed by atoms with Gasteiger partial charge in [0.25, 0.3) is 6.43 Å². The van der Waals surface area contributed by atoms with E-state index in [1.807, 2.05) is 0 Å². The third-order valence-electron chi connectivity index (χ3n) is 3.28. The van der Waals surface area contributed by atoms with Crippen molar-refractivity contribution in [3.05, 3.63) is 58.4 Å². The number of ether oxygens (including phenoxy) is 1. The van der Waals surface area contributed by atoms with E-state index in [2.05, 4.69) is 20.4 Å². The molecule has 124 valence electrons. The number of aromatic nitrogens is 6. The average molecular weight is 334 g/mol. The van der Waals surface area contributed by atoms with Gasteiger partial charge in [-0.15, -0.1) is 0 Å². The van der Waals surface area contributed by atoms with Crippen molar-refractivity contribution < 1.29 is 13.5 Å². The molecule has 0 spiro atoms. The van der Waals surface area contributed by atoms with Gasteiger partial charge < -0.3 is 4.74 Å². The summed E-state index contributed by atoms with van der Waals surface area (Å²) in [5, 5.41) is 7.28. The first-order valence-electron chi connectivity index (χ1n) is 6.86. The molecule has 0 amide bonds. The minimum Gasteiger partial charge on any atom is -0.472 e. The number of halogens is 2. The van der Waals surface area contributed by atoms with E-state index in [0.29, 0.717) is 0 Å². The minimum atomic E-state index is -2.74. The van der Waals surface area contributed by atoms with Crippen LogP contribution in [0, 0.1) is 0 Å². The molecule has 2 aromatic heterocycles. The van der Waals surface area contributed by atoms with Crippen LogP contribution in [0.25, 0.3) is 5.69 Å². The van der Waals surface area contributed by atoms with Gasteiger partial charge >= 0.3 is 5.69 Å². The highest BCUT2D eigenvalue weighted by molar-refractivity contribution is 5.45. The number of tetrazole rings is 1. The first-order valence-corrected chi connectivity index (χ1v) is 6.86. The van der Waals surface area contributed by atoms with Gasteiger partial charge in [-0.1, -0.05) is 12.1 Å². The Balaban J connectivity index is 2.04. The smallest absolute Gasteiger partial charge is 0.368 e. The van der Waals surface area contributed by atoms with E-state index >= 15 is 0 Å². The van der Waals surface area contributed by atoms with E-state index in [-0.39, 0.29) is 29.3 Å². The van der Waals surface area contributed by atoms with E-state index in [1.54, 1.807) is 0 Å². The molecule has 1 aromatic carbocycles. The Hall–Kier alpha value is -3.17. The number of benzene rings is 1. The fourth-order valence-electron chi connectivity index (χ4n) is 2.12. The summed E-state index contributed by atoms with van der Waals surface area (Å²) in [6.07, 6.45) is 1.50. The van der Waals surface area contributed by atoms with Crippen LogP contribution in [0.5, 0.6) is 5.88 Å². The largest absolute Gasteiger partial charge is 0.472 e. The first-order chi connectivity index (χ1) is 11.6. The molecule has 0 saturated heterocycles. The van der Waals surface area contributed by atoms with Crippen LogP contribution in [0.2, 0.25) is 0 Å². The lowest BCUT2D eigenvalue weighted by Gasteiger charge is -2.14. The maximum absolute atomic E-state index is 13.3. The summed E-state index contributed by atoms with van der Waals surface area (Å²) in [5.41, 5.74) is -0.508. The summed E-state index contributed by atoms with van der Waals surface area (Å²) in [6, 6.07) is 4.19. The molecule has 0 atom stereocenters. The molecule has 3 rings (SSSR count). The van der Waals surface area contributed by atoms with Gasteiger partial charge in [-0.2, -0.15) is 9.36 Å². The zero-order chi connectivity index (χ0) is 17.1. The van der Waals surface area contributed by atoms with Crippen LogP contribution in [-0.2, 0) is 13.7 Å². The highest BCUT2D eigenvalue weighted by Crippen LogP contribution is 2.27. The fraction of sp³-hybridized carbons (Fsp3) is 0.214. The molecule has 24 heavy (non-hydrogen) atoms. The molecule has 0 N–H and O–H groups in total. The van der Waals surface area contributed by atoms with Crippen LogP contribution in [-0.4, -0.2) is 29.8 Å². The summed E-state index contributed by atoms with van der Waals surface area (Å²) in [6.45, 7) is -0.225. The van der Waals surface area contributed by atoms with E-state index in [0.717, 1.165) is 9.36 Å². The van der Waals surface area contributed by atoms with Crippen molar-refractivity contribution >= 4 is 0 Å². The summed E-state index contributed by atoms with van der Waals surface area (Å²) in [4.78, 5) is 19.8. The summed E-state index contributed by atoms with van der Waals surface area (Å²) >= 11 is 0. The van der Waals surface area contributed by atoms with Crippen molar-refractivity contribution in [2.45, 2.75) is 13.0 Å². The fourth-order valence-corrected chi connectivity index (χ4v) is 2.12. The standard InChI is InChI=1S/C14H12F2N6O2/c1-21-14(23)22(20-19-21)11-4-2-3-9(13(15)16)10(11)8-24-12-7-17-5-6-18-12/h2-7,13H,8H2,1H3. The zero-order valence-electron chi connectivity index (χ0n) is 12.5. The molecule has 10 heteroatoms. The van der Waals surface area contributed by atoms with Crippen LogP contribution in [0.3, 0.4) is 0 Å². The van der Waals surface area contributed by atoms with Gasteiger partial charge in [0, 0.05) is 30.6 Å². The van der Waals surface area contributed by atoms with Crippen molar-refractivity contribution in [2.75, 3.05) is 0 Å². The second-order valence-electron chi connectivity index (χ2n) is 4.77. The number of hydrogen-bond donors (Lipinski definition) is 0. The Bertz CT molecular complexity index is 894. The molecular weight excluding hydrogens is 322 g/mol. The summed E-state index contributed by atoms with van der Waals surface area (Å²) < 4.78 is 34.0. The van der Waals surface area contributed by atoms with Crippen molar-refractivity contribution in [3.8, 4) is 11.6 Å². The molecule has 3 aromatic rings. The molecule has 0 aliphatic carbocycles. The zero-order valence-corrected chi connectivity index (χ0v) is 12.5. The maximum atomic E-state index is 13.3. The average Bonchev–Trinajstić information content (AvgIpc) is 2.92. The van der Waals surface area contributed by atoms with E-state index in [4.69, 9.17) is 4.74 Å². The predicted octanol–water partition coefficient (Wildman–Crippen LogP) is 1.27. The molecule has 0 saturated carbocycles. The van der Waals surface area contributed by atoms with E-state index in [9.17, 15) is 13.6 Å². The summed E-state index contributed by atoms with van der Waals surface area (Å²) in [7, 11) is 1.42. The predicted molar refractivity (Wildman–Crippen MR) is 77.9 cm³/mol. The van der Waals surface area contributed by atoms with Gasteiger partial charge in [-0.05, 0) is 16.5 Å². The van der Waals surface area contributed by atoms with Crippen molar-refractivity contribution in [2.24, 2.45) is 7.05 Å². The lowest BCUT2D eigenvalue weighted by atomic mass is 10.1. The minimum absolute atomic E-state index is 0.126. The topological polar surface area (TPSA) is 87.7 Å². The Kier molecular flexibility index (Phi) is 4.27. The molecule has 0 aliphatic heterocycles. The van der Waals surface area contributed by atoms with Gasteiger partial charge in [-0.25, -0.2) is 18.6 Å². The van der Waals surface area contributed by atoms with Gasteiger partial charge in [0.1, 0.15) is 6.61 Å². The lowest BCUT2D eigenvalue weighted by Crippen LogP contribution is -2.23. The second-order valence-corrected chi connectivity index (χ2v) is 4.77. The molecule has 0 bridgehead atoms. The lowest BCUT2D eigenvalue weighted by molar-refractivity contribution is 0.147. The van der Waals surface area contributed by atoms with Crippen LogP contribution in [0.4, 0.5) is 8.78 Å². The number of hydrogen-bond acceptors (Lipinski definition) is 6. The van der Waals surface area contributed by atoms with Crippen LogP contribution in [0.15, 0.2) is 41.6 Å². The highest BCUT2D eigenvalue weighted by atomic mass is 19.3. The number of nitrogens with zero attached hydrogens (tertiary/aromatic N) is 6. The molecule has 0 unspecified atom stereocenters. The van der Waals surface area contributed by atoms with E-state index in [1.165, 1.54) is 43.8 Å².